The van der Waals surface area contributed by atoms with Crippen LogP contribution in [0.2, 0.25) is 0 Å². The van der Waals surface area contributed by atoms with Crippen LogP contribution in [0.25, 0.3) is 0 Å². The number of H-pyrrole nitrogens is 1. The summed E-state index contributed by atoms with van der Waals surface area (Å²) in [6.07, 6.45) is 1.92. The van der Waals surface area contributed by atoms with E-state index < -0.39 is 5.54 Å². The Morgan fingerprint density at radius 1 is 1.29 bits per heavy atom. The van der Waals surface area contributed by atoms with Crippen LogP contribution in [0.3, 0.4) is 0 Å². The van der Waals surface area contributed by atoms with Crippen LogP contribution in [0.4, 0.5) is 16.3 Å². The largest absolute Gasteiger partial charge is 0.330 e. The average molecular weight is 493 g/mol. The van der Waals surface area contributed by atoms with E-state index in [9.17, 15) is 4.79 Å². The summed E-state index contributed by atoms with van der Waals surface area (Å²) in [5.74, 6) is 0.725. The summed E-state index contributed by atoms with van der Waals surface area (Å²) >= 11 is 1.72. The molecule has 35 heavy (non-hydrogen) atoms. The zero-order valence-electron chi connectivity index (χ0n) is 20.8. The van der Waals surface area contributed by atoms with E-state index in [2.05, 4.69) is 69.8 Å². The Hall–Kier alpha value is -3.37. The van der Waals surface area contributed by atoms with E-state index in [-0.39, 0.29) is 12.1 Å². The number of nitrogens with one attached hydrogen (secondary N) is 3. The van der Waals surface area contributed by atoms with Crippen molar-refractivity contribution in [1.29, 1.82) is 0 Å². The number of benzene rings is 1. The minimum Gasteiger partial charge on any atom is -0.330 e. The highest BCUT2D eigenvalue weighted by molar-refractivity contribution is 7.14. The zero-order valence-corrected chi connectivity index (χ0v) is 21.6. The van der Waals surface area contributed by atoms with Gasteiger partial charge in [-0.25, -0.2) is 4.79 Å². The number of hydrogen-bond donors (Lipinski definition) is 3. The Bertz CT molecular complexity index is 1250. The Morgan fingerprint density at radius 2 is 2.06 bits per heavy atom. The first kappa shape index (κ1) is 23.4. The predicted molar refractivity (Wildman–Crippen MR) is 141 cm³/mol. The van der Waals surface area contributed by atoms with Gasteiger partial charge in [0.15, 0.2) is 5.82 Å². The van der Waals surface area contributed by atoms with Crippen molar-refractivity contribution in [1.82, 2.24) is 25.3 Å². The minimum absolute atomic E-state index is 0.0976. The lowest BCUT2D eigenvalue weighted by molar-refractivity contribution is 0.138. The molecular weight excluding hydrogens is 460 g/mol. The van der Waals surface area contributed by atoms with Crippen LogP contribution >= 0.6 is 11.3 Å². The summed E-state index contributed by atoms with van der Waals surface area (Å²) in [6, 6.07) is 12.0. The van der Waals surface area contributed by atoms with Crippen molar-refractivity contribution < 1.29 is 4.79 Å². The van der Waals surface area contributed by atoms with E-state index >= 15 is 0 Å². The molecule has 5 rings (SSSR count). The number of carbonyl (C=O) groups is 1. The molecule has 10 heteroatoms. The van der Waals surface area contributed by atoms with Crippen molar-refractivity contribution in [3.05, 3.63) is 63.0 Å². The minimum atomic E-state index is -0.532. The molecule has 2 amide bonds. The molecule has 0 radical (unpaired) electrons. The van der Waals surface area contributed by atoms with Crippen LogP contribution in [-0.4, -0.2) is 59.6 Å². The number of aryl methyl sites for hydroxylation is 1. The third-order valence-corrected chi connectivity index (χ3v) is 7.56. The first-order valence-electron chi connectivity index (χ1n) is 11.7. The molecule has 9 nitrogen and oxygen atoms in total. The number of likely N-dealkylation sites (N-methyl/N-ethyl adjacent to an activating group) is 1. The molecule has 2 aromatic heterocycles. The highest BCUT2D eigenvalue weighted by Gasteiger charge is 2.44. The molecule has 0 unspecified atom stereocenters. The number of rotatable bonds is 6. The summed E-state index contributed by atoms with van der Waals surface area (Å²) in [7, 11) is 4.03. The number of amides is 2. The molecule has 4 heterocycles. The Morgan fingerprint density at radius 3 is 2.80 bits per heavy atom. The lowest BCUT2D eigenvalue weighted by Gasteiger charge is -2.34. The number of aromatic amines is 1. The Kier molecular flexibility index (Phi) is 6.02. The summed E-state index contributed by atoms with van der Waals surface area (Å²) in [5.41, 5.74) is 7.03. The van der Waals surface area contributed by atoms with Gasteiger partial charge in [-0.05, 0) is 46.5 Å². The van der Waals surface area contributed by atoms with Crippen molar-refractivity contribution in [2.45, 2.75) is 38.9 Å². The second-order valence-electron chi connectivity index (χ2n) is 9.85. The second kappa shape index (κ2) is 9.01. The number of nitrogens with zero attached hydrogens (tertiary/aromatic N) is 5. The standard InChI is InChI=1S/C25H32N8OS/c1-16-11-20-21(35-16)12-26-15-33(20)30-23-18-13-32(25(2,3)22(18)28-29-23)24(34)27-19(14-31(4)5)17-9-7-6-8-10-17/h6-12,19H,13-15H2,1-5H3,(H,27,34)(H2,28,29,30)/t19-/m1/s1. The number of urea groups is 1. The molecule has 0 saturated carbocycles. The van der Waals surface area contributed by atoms with Crippen LogP contribution in [0.5, 0.6) is 0 Å². The maximum atomic E-state index is 13.6. The maximum absolute atomic E-state index is 13.6. The third-order valence-electron chi connectivity index (χ3n) is 6.59. The molecule has 0 aliphatic carbocycles. The fraction of sp³-hybridized carbons (Fsp3) is 0.400. The van der Waals surface area contributed by atoms with E-state index in [1.807, 2.05) is 48.4 Å². The molecule has 0 spiro atoms. The van der Waals surface area contributed by atoms with Gasteiger partial charge in [-0.1, -0.05) is 30.3 Å². The monoisotopic (exact) mass is 492 g/mol. The number of carbonyl (C=O) groups excluding carboxylic acids is 1. The molecule has 0 saturated heterocycles. The molecular formula is C25H32N8OS. The van der Waals surface area contributed by atoms with Crippen molar-refractivity contribution >= 4 is 35.1 Å². The lowest BCUT2D eigenvalue weighted by atomic mass is 10.0. The maximum Gasteiger partial charge on any atom is 0.319 e. The highest BCUT2D eigenvalue weighted by atomic mass is 32.1. The highest BCUT2D eigenvalue weighted by Crippen LogP contribution is 2.41. The predicted octanol–water partition coefficient (Wildman–Crippen LogP) is 4.07. The van der Waals surface area contributed by atoms with Gasteiger partial charge in [0.2, 0.25) is 0 Å². The van der Waals surface area contributed by atoms with Crippen LogP contribution < -0.4 is 15.8 Å². The summed E-state index contributed by atoms with van der Waals surface area (Å²) in [5, 5.41) is 13.0. The molecule has 1 atom stereocenters. The third kappa shape index (κ3) is 4.39. The van der Waals surface area contributed by atoms with Crippen LogP contribution in [-0.2, 0) is 12.1 Å². The Balaban J connectivity index is 1.35. The fourth-order valence-electron chi connectivity index (χ4n) is 4.77. The van der Waals surface area contributed by atoms with Gasteiger partial charge >= 0.3 is 6.03 Å². The summed E-state index contributed by atoms with van der Waals surface area (Å²) in [4.78, 5) is 24.4. The zero-order chi connectivity index (χ0) is 24.7. The molecule has 3 N–H and O–H groups in total. The molecule has 2 aliphatic rings. The van der Waals surface area contributed by atoms with Crippen LogP contribution in [0, 0.1) is 6.92 Å². The number of fused-ring (bicyclic) bond motifs is 2. The van der Waals surface area contributed by atoms with Gasteiger partial charge < -0.3 is 15.1 Å². The van der Waals surface area contributed by atoms with E-state index in [1.54, 1.807) is 11.3 Å². The number of hydrogen-bond acceptors (Lipinski definition) is 7. The molecule has 2 aliphatic heterocycles. The van der Waals surface area contributed by atoms with Gasteiger partial charge in [-0.2, -0.15) is 5.10 Å². The summed E-state index contributed by atoms with van der Waals surface area (Å²) in [6.45, 7) is 7.87. The van der Waals surface area contributed by atoms with Gasteiger partial charge in [-0.3, -0.25) is 20.5 Å². The normalized spacial score (nSPS) is 16.9. The lowest BCUT2D eigenvalue weighted by Crippen LogP contribution is -2.48. The molecule has 0 bridgehead atoms. The Labute approximate surface area is 209 Å². The SMILES string of the molecule is Cc1cc2c(s1)C=NCN2Nc1n[nH]c2c1CN(C(=O)N[C@H](CN(C)C)c1ccccc1)C2(C)C. The van der Waals surface area contributed by atoms with Crippen LogP contribution in [0.15, 0.2) is 41.4 Å². The quantitative estimate of drug-likeness (QED) is 0.483. The molecule has 184 valence electrons. The number of aromatic nitrogens is 2. The van der Waals surface area contributed by atoms with Crippen molar-refractivity contribution in [3.63, 3.8) is 0 Å². The molecule has 3 aromatic rings. The molecule has 0 fully saturated rings. The number of thiophene rings is 1. The van der Waals surface area contributed by atoms with Gasteiger partial charge in [-0.15, -0.1) is 11.3 Å². The van der Waals surface area contributed by atoms with Gasteiger partial charge in [0.25, 0.3) is 0 Å². The molecule has 1 aromatic carbocycles. The first-order chi connectivity index (χ1) is 16.7. The second-order valence-corrected chi connectivity index (χ2v) is 11.1. The first-order valence-corrected chi connectivity index (χ1v) is 12.6. The number of hydrazine groups is 1. The average Bonchev–Trinajstić information content (AvgIpc) is 3.47. The van der Waals surface area contributed by atoms with E-state index in [0.717, 1.165) is 33.2 Å². The fourth-order valence-corrected chi connectivity index (χ4v) is 5.69. The van der Waals surface area contributed by atoms with E-state index in [0.29, 0.717) is 19.8 Å². The van der Waals surface area contributed by atoms with Gasteiger partial charge in [0.05, 0.1) is 34.4 Å². The number of anilines is 2. The van der Waals surface area contributed by atoms with Gasteiger partial charge in [0, 0.05) is 23.2 Å². The van der Waals surface area contributed by atoms with Gasteiger partial charge in [0.1, 0.15) is 6.67 Å². The van der Waals surface area contributed by atoms with E-state index in [1.165, 1.54) is 4.88 Å². The smallest absolute Gasteiger partial charge is 0.319 e. The summed E-state index contributed by atoms with van der Waals surface area (Å²) < 4.78 is 0. The van der Waals surface area contributed by atoms with Crippen molar-refractivity contribution in [3.8, 4) is 0 Å². The van der Waals surface area contributed by atoms with Crippen molar-refractivity contribution in [2.24, 2.45) is 4.99 Å². The topological polar surface area (TPSA) is 91.9 Å². The van der Waals surface area contributed by atoms with Crippen molar-refractivity contribution in [2.75, 3.05) is 37.7 Å². The number of aliphatic imine (C=N–C) groups is 1. The van der Waals surface area contributed by atoms with Crippen LogP contribution in [0.1, 0.15) is 46.5 Å². The van der Waals surface area contributed by atoms with E-state index in [4.69, 9.17) is 0 Å².